The maximum atomic E-state index is 5.59. The lowest BCUT2D eigenvalue weighted by Gasteiger charge is -2.37. The van der Waals surface area contributed by atoms with E-state index in [4.69, 9.17) is 4.74 Å². The van der Waals surface area contributed by atoms with Crippen LogP contribution in [0.4, 0.5) is 0 Å². The van der Waals surface area contributed by atoms with Gasteiger partial charge in [-0.2, -0.15) is 0 Å². The van der Waals surface area contributed by atoms with Crippen LogP contribution in [-0.2, 0) is 4.74 Å². The predicted molar refractivity (Wildman–Crippen MR) is 31.7 cm³/mol. The number of rotatable bonds is 1. The van der Waals surface area contributed by atoms with Crippen LogP contribution in [0, 0.1) is 0 Å². The lowest BCUT2D eigenvalue weighted by molar-refractivity contribution is -0.152. The number of ether oxygens (including phenoxy) is 1. The summed E-state index contributed by atoms with van der Waals surface area (Å²) >= 11 is 0. The second kappa shape index (κ2) is 1.27. The molecule has 2 unspecified atom stereocenters. The fourth-order valence-electron chi connectivity index (χ4n) is 1.91. The molecule has 0 aromatic carbocycles. The summed E-state index contributed by atoms with van der Waals surface area (Å²) in [6.45, 7) is 2.22. The highest BCUT2D eigenvalue weighted by Gasteiger charge is 2.50. The quantitative estimate of drug-likeness (QED) is 0.502. The third-order valence-electron chi connectivity index (χ3n) is 2.58. The average molecular weight is 112 g/mol. The Morgan fingerprint density at radius 2 is 2.50 bits per heavy atom. The molecule has 3 fully saturated rings. The minimum atomic E-state index is 0.380. The first-order chi connectivity index (χ1) is 3.85. The molecule has 3 rings (SSSR count). The Hall–Kier alpha value is -0.0400. The van der Waals surface area contributed by atoms with Crippen molar-refractivity contribution in [2.45, 2.75) is 44.3 Å². The van der Waals surface area contributed by atoms with Crippen LogP contribution in [0.1, 0.15) is 32.6 Å². The largest absolute Gasteiger partial charge is 0.372 e. The fourth-order valence-corrected chi connectivity index (χ4v) is 1.91. The highest BCUT2D eigenvalue weighted by atomic mass is 16.5. The molecule has 2 saturated heterocycles. The Kier molecular flexibility index (Phi) is 0.762. The SMILES string of the molecule is CCC12CCC(C1)O2. The van der Waals surface area contributed by atoms with Crippen molar-refractivity contribution in [3.63, 3.8) is 0 Å². The molecule has 0 aromatic heterocycles. The molecule has 0 radical (unpaired) electrons. The van der Waals surface area contributed by atoms with E-state index in [1.165, 1.54) is 25.7 Å². The van der Waals surface area contributed by atoms with E-state index >= 15 is 0 Å². The third-order valence-corrected chi connectivity index (χ3v) is 2.58. The first-order valence-electron chi connectivity index (χ1n) is 3.52. The zero-order chi connectivity index (χ0) is 5.61. The van der Waals surface area contributed by atoms with Gasteiger partial charge in [-0.1, -0.05) is 6.92 Å². The summed E-state index contributed by atoms with van der Waals surface area (Å²) in [6.07, 6.45) is 5.89. The summed E-state index contributed by atoms with van der Waals surface area (Å²) in [4.78, 5) is 0. The van der Waals surface area contributed by atoms with Crippen molar-refractivity contribution < 1.29 is 4.74 Å². The minimum absolute atomic E-state index is 0.380. The van der Waals surface area contributed by atoms with Crippen LogP contribution < -0.4 is 0 Å². The van der Waals surface area contributed by atoms with E-state index in [1.54, 1.807) is 0 Å². The van der Waals surface area contributed by atoms with Gasteiger partial charge in [0.05, 0.1) is 11.7 Å². The lowest BCUT2D eigenvalue weighted by atomic mass is 9.95. The molecule has 0 spiro atoms. The fraction of sp³-hybridized carbons (Fsp3) is 1.00. The lowest BCUT2D eigenvalue weighted by Crippen LogP contribution is -2.40. The highest BCUT2D eigenvalue weighted by Crippen LogP contribution is 2.48. The van der Waals surface area contributed by atoms with Crippen LogP contribution in [0.3, 0.4) is 0 Å². The van der Waals surface area contributed by atoms with Crippen molar-refractivity contribution in [3.8, 4) is 0 Å². The van der Waals surface area contributed by atoms with Crippen molar-refractivity contribution in [3.05, 3.63) is 0 Å². The second-order valence-corrected chi connectivity index (χ2v) is 3.02. The molecular weight excluding hydrogens is 100 g/mol. The number of fused-ring (bicyclic) bond motifs is 1. The second-order valence-electron chi connectivity index (χ2n) is 3.02. The normalized spacial score (nSPS) is 51.4. The van der Waals surface area contributed by atoms with Gasteiger partial charge in [-0.05, 0) is 19.3 Å². The van der Waals surface area contributed by atoms with Crippen LogP contribution in [0.15, 0.2) is 0 Å². The first kappa shape index (κ1) is 4.80. The van der Waals surface area contributed by atoms with E-state index in [0.717, 1.165) is 0 Å². The number of hydrogen-bond acceptors (Lipinski definition) is 1. The van der Waals surface area contributed by atoms with Crippen LogP contribution in [0.5, 0.6) is 0 Å². The van der Waals surface area contributed by atoms with Crippen molar-refractivity contribution in [2.24, 2.45) is 0 Å². The molecule has 2 heterocycles. The Bertz CT molecular complexity index is 97.4. The molecule has 8 heavy (non-hydrogen) atoms. The van der Waals surface area contributed by atoms with Crippen molar-refractivity contribution >= 4 is 0 Å². The number of hydrogen-bond donors (Lipinski definition) is 0. The molecule has 0 amide bonds. The van der Waals surface area contributed by atoms with Crippen LogP contribution in [0.2, 0.25) is 0 Å². The maximum Gasteiger partial charge on any atom is 0.0709 e. The van der Waals surface area contributed by atoms with Gasteiger partial charge in [0.25, 0.3) is 0 Å². The molecule has 1 saturated carbocycles. The average Bonchev–Trinajstić information content (AvgIpc) is 2.17. The monoisotopic (exact) mass is 112 g/mol. The van der Waals surface area contributed by atoms with E-state index in [1.807, 2.05) is 0 Å². The zero-order valence-corrected chi connectivity index (χ0v) is 5.31. The van der Waals surface area contributed by atoms with Gasteiger partial charge < -0.3 is 4.74 Å². The third kappa shape index (κ3) is 0.408. The predicted octanol–water partition coefficient (Wildman–Crippen LogP) is 1.72. The smallest absolute Gasteiger partial charge is 0.0709 e. The summed E-state index contributed by atoms with van der Waals surface area (Å²) in [7, 11) is 0. The van der Waals surface area contributed by atoms with Crippen LogP contribution in [0.25, 0.3) is 0 Å². The van der Waals surface area contributed by atoms with Gasteiger partial charge in [0, 0.05) is 6.42 Å². The van der Waals surface area contributed by atoms with Gasteiger partial charge in [0.1, 0.15) is 0 Å². The molecule has 0 aromatic rings. The summed E-state index contributed by atoms with van der Waals surface area (Å²) in [5.74, 6) is 0. The molecule has 1 aliphatic carbocycles. The topological polar surface area (TPSA) is 9.23 Å². The molecule has 0 N–H and O–H groups in total. The minimum Gasteiger partial charge on any atom is -0.372 e. The Morgan fingerprint density at radius 3 is 2.75 bits per heavy atom. The van der Waals surface area contributed by atoms with Crippen molar-refractivity contribution in [2.75, 3.05) is 0 Å². The molecule has 1 nitrogen and oxygen atoms in total. The summed E-state index contributed by atoms with van der Waals surface area (Å²) in [5.41, 5.74) is 0.380. The van der Waals surface area contributed by atoms with Crippen molar-refractivity contribution in [1.82, 2.24) is 0 Å². The van der Waals surface area contributed by atoms with E-state index in [0.29, 0.717) is 11.7 Å². The first-order valence-corrected chi connectivity index (χ1v) is 3.52. The molecule has 3 aliphatic rings. The van der Waals surface area contributed by atoms with Gasteiger partial charge in [0.15, 0.2) is 0 Å². The van der Waals surface area contributed by atoms with Crippen molar-refractivity contribution in [1.29, 1.82) is 0 Å². The van der Waals surface area contributed by atoms with Gasteiger partial charge in [-0.15, -0.1) is 0 Å². The molecule has 2 bridgehead atoms. The van der Waals surface area contributed by atoms with E-state index in [9.17, 15) is 0 Å². The Labute approximate surface area is 50.0 Å². The highest BCUT2D eigenvalue weighted by molar-refractivity contribution is 4.99. The summed E-state index contributed by atoms with van der Waals surface area (Å²) < 4.78 is 5.59. The van der Waals surface area contributed by atoms with Crippen LogP contribution >= 0.6 is 0 Å². The molecule has 1 heteroatoms. The maximum absolute atomic E-state index is 5.59. The van der Waals surface area contributed by atoms with E-state index in [-0.39, 0.29) is 0 Å². The van der Waals surface area contributed by atoms with Gasteiger partial charge in [-0.3, -0.25) is 0 Å². The Morgan fingerprint density at radius 1 is 1.75 bits per heavy atom. The summed E-state index contributed by atoms with van der Waals surface area (Å²) in [5, 5.41) is 0. The molecular formula is C7H12O. The zero-order valence-electron chi connectivity index (χ0n) is 5.31. The molecule has 2 aliphatic heterocycles. The van der Waals surface area contributed by atoms with Crippen LogP contribution in [-0.4, -0.2) is 11.7 Å². The summed E-state index contributed by atoms with van der Waals surface area (Å²) in [6, 6.07) is 0. The van der Waals surface area contributed by atoms with E-state index < -0.39 is 0 Å². The van der Waals surface area contributed by atoms with E-state index in [2.05, 4.69) is 6.92 Å². The van der Waals surface area contributed by atoms with Gasteiger partial charge >= 0.3 is 0 Å². The molecule has 46 valence electrons. The Balaban J connectivity index is 2.09. The van der Waals surface area contributed by atoms with Gasteiger partial charge in [-0.25, -0.2) is 0 Å². The molecule has 2 atom stereocenters. The standard InChI is InChI=1S/C7H12O/c1-2-7-4-3-6(5-7)8-7/h6H,2-5H2,1H3. The van der Waals surface area contributed by atoms with Gasteiger partial charge in [0.2, 0.25) is 0 Å².